The number of aromatic nitrogens is 2. The summed E-state index contributed by atoms with van der Waals surface area (Å²) in [6.45, 7) is 6.08. The molecule has 0 aliphatic heterocycles. The Bertz CT molecular complexity index is 1380. The molecule has 0 radical (unpaired) electrons. The van der Waals surface area contributed by atoms with Crippen LogP contribution in [0.2, 0.25) is 0 Å². The number of aryl methyl sites for hydroxylation is 3. The fourth-order valence-corrected chi connectivity index (χ4v) is 4.31. The van der Waals surface area contributed by atoms with Crippen LogP contribution >= 0.6 is 0 Å². The summed E-state index contributed by atoms with van der Waals surface area (Å²) in [6.07, 6.45) is 0.886. The van der Waals surface area contributed by atoms with Crippen LogP contribution in [0.1, 0.15) is 23.4 Å². The predicted molar refractivity (Wildman–Crippen MR) is 134 cm³/mol. The lowest BCUT2D eigenvalue weighted by atomic mass is 10.1. The molecule has 1 aromatic heterocycles. The first-order valence-electron chi connectivity index (χ1n) is 11.4. The molecule has 0 bridgehead atoms. The lowest BCUT2D eigenvalue weighted by Crippen LogP contribution is -2.10. The zero-order valence-electron chi connectivity index (χ0n) is 19.1. The van der Waals surface area contributed by atoms with E-state index in [0.717, 1.165) is 41.3 Å². The third-order valence-corrected chi connectivity index (χ3v) is 6.00. The van der Waals surface area contributed by atoms with E-state index in [4.69, 9.17) is 14.5 Å². The average Bonchev–Trinajstić information content (AvgIpc) is 3.19. The number of para-hydroxylation sites is 3. The van der Waals surface area contributed by atoms with Crippen molar-refractivity contribution in [2.24, 2.45) is 0 Å². The second-order valence-corrected chi connectivity index (χ2v) is 8.39. The Morgan fingerprint density at radius 2 is 1.52 bits per heavy atom. The molecule has 5 rings (SSSR count). The fourth-order valence-electron chi connectivity index (χ4n) is 4.31. The normalized spacial score (nSPS) is 11.2. The van der Waals surface area contributed by atoms with E-state index in [1.165, 1.54) is 21.9 Å². The Balaban J connectivity index is 1.30. The quantitative estimate of drug-likeness (QED) is 0.249. The van der Waals surface area contributed by atoms with Gasteiger partial charge in [-0.05, 0) is 66.4 Å². The van der Waals surface area contributed by atoms with Crippen LogP contribution in [0.5, 0.6) is 11.5 Å². The van der Waals surface area contributed by atoms with Gasteiger partial charge in [0.2, 0.25) is 0 Å². The number of benzene rings is 4. The highest BCUT2D eigenvalue weighted by Crippen LogP contribution is 2.24. The number of rotatable bonds is 8. The van der Waals surface area contributed by atoms with Crippen LogP contribution in [0.3, 0.4) is 0 Å². The van der Waals surface area contributed by atoms with E-state index in [-0.39, 0.29) is 0 Å². The van der Waals surface area contributed by atoms with Crippen molar-refractivity contribution in [3.63, 3.8) is 0 Å². The molecule has 166 valence electrons. The lowest BCUT2D eigenvalue weighted by molar-refractivity contribution is 0.279. The molecule has 33 heavy (non-hydrogen) atoms. The summed E-state index contributed by atoms with van der Waals surface area (Å²) in [5, 5.41) is 2.38. The largest absolute Gasteiger partial charge is 0.493 e. The number of ether oxygens (including phenoxy) is 2. The highest BCUT2D eigenvalue weighted by molar-refractivity contribution is 5.83. The minimum Gasteiger partial charge on any atom is -0.493 e. The van der Waals surface area contributed by atoms with E-state index < -0.39 is 0 Å². The first-order valence-corrected chi connectivity index (χ1v) is 11.4. The number of fused-ring (bicyclic) bond motifs is 2. The van der Waals surface area contributed by atoms with Gasteiger partial charge >= 0.3 is 0 Å². The van der Waals surface area contributed by atoms with Gasteiger partial charge in [-0.3, -0.25) is 0 Å². The van der Waals surface area contributed by atoms with E-state index >= 15 is 0 Å². The number of nitrogens with zero attached hydrogens (tertiary/aromatic N) is 2. The summed E-state index contributed by atoms with van der Waals surface area (Å²) in [6, 6.07) is 29.0. The molecule has 0 spiro atoms. The van der Waals surface area contributed by atoms with Crippen LogP contribution in [0, 0.1) is 13.8 Å². The van der Waals surface area contributed by atoms with Crippen LogP contribution in [-0.4, -0.2) is 16.2 Å². The zero-order chi connectivity index (χ0) is 22.6. The maximum Gasteiger partial charge on any atom is 0.147 e. The van der Waals surface area contributed by atoms with Gasteiger partial charge in [0, 0.05) is 6.54 Å². The highest BCUT2D eigenvalue weighted by Gasteiger charge is 2.12. The molecular formula is C29H28N2O2. The number of hydrogen-bond acceptors (Lipinski definition) is 3. The van der Waals surface area contributed by atoms with E-state index in [1.54, 1.807) is 0 Å². The van der Waals surface area contributed by atoms with Crippen molar-refractivity contribution in [1.82, 2.24) is 9.55 Å². The minimum absolute atomic E-state index is 0.421. The van der Waals surface area contributed by atoms with Crippen molar-refractivity contribution in [3.05, 3.63) is 102 Å². The summed E-state index contributed by atoms with van der Waals surface area (Å²) < 4.78 is 14.5. The Morgan fingerprint density at radius 3 is 2.36 bits per heavy atom. The number of imidazole rings is 1. The van der Waals surface area contributed by atoms with Gasteiger partial charge in [0.1, 0.15) is 23.9 Å². The molecule has 0 saturated heterocycles. The van der Waals surface area contributed by atoms with Crippen molar-refractivity contribution in [2.75, 3.05) is 6.61 Å². The summed E-state index contributed by atoms with van der Waals surface area (Å²) in [5.74, 6) is 2.77. The van der Waals surface area contributed by atoms with Gasteiger partial charge in [-0.1, -0.05) is 60.7 Å². The summed E-state index contributed by atoms with van der Waals surface area (Å²) in [7, 11) is 0. The van der Waals surface area contributed by atoms with Gasteiger partial charge in [0.25, 0.3) is 0 Å². The second-order valence-electron chi connectivity index (χ2n) is 8.39. The van der Waals surface area contributed by atoms with Crippen molar-refractivity contribution < 1.29 is 9.47 Å². The van der Waals surface area contributed by atoms with E-state index in [1.807, 2.05) is 18.2 Å². The van der Waals surface area contributed by atoms with Gasteiger partial charge < -0.3 is 14.0 Å². The second kappa shape index (κ2) is 9.37. The molecule has 0 amide bonds. The maximum absolute atomic E-state index is 6.16. The Hall–Kier alpha value is -3.79. The summed E-state index contributed by atoms with van der Waals surface area (Å²) in [4.78, 5) is 4.85. The third-order valence-electron chi connectivity index (χ3n) is 6.00. The molecule has 0 fully saturated rings. The number of hydrogen-bond donors (Lipinski definition) is 0. The summed E-state index contributed by atoms with van der Waals surface area (Å²) >= 11 is 0. The molecule has 0 atom stereocenters. The van der Waals surface area contributed by atoms with Crippen molar-refractivity contribution in [1.29, 1.82) is 0 Å². The van der Waals surface area contributed by atoms with Crippen LogP contribution in [0.15, 0.2) is 84.9 Å². The standard InChI is InChI=1S/C29H28N2O2/c1-21-9-7-10-22(2)29(21)32-18-8-17-31-27-14-6-5-13-26(27)30-28(31)20-33-25-16-15-23-11-3-4-12-24(23)19-25/h3-7,9-16,19H,8,17-18,20H2,1-2H3. The molecule has 5 aromatic rings. The lowest BCUT2D eigenvalue weighted by Gasteiger charge is -2.14. The predicted octanol–water partition coefficient (Wildman–Crippen LogP) is 6.85. The van der Waals surface area contributed by atoms with Gasteiger partial charge in [-0.2, -0.15) is 0 Å². The molecule has 4 nitrogen and oxygen atoms in total. The Labute approximate surface area is 194 Å². The smallest absolute Gasteiger partial charge is 0.147 e. The molecular weight excluding hydrogens is 408 g/mol. The van der Waals surface area contributed by atoms with Crippen LogP contribution < -0.4 is 9.47 Å². The molecule has 0 aliphatic carbocycles. The molecule has 4 aromatic carbocycles. The average molecular weight is 437 g/mol. The van der Waals surface area contributed by atoms with Gasteiger partial charge in [0.05, 0.1) is 17.6 Å². The first-order chi connectivity index (χ1) is 16.2. The van der Waals surface area contributed by atoms with E-state index in [0.29, 0.717) is 13.2 Å². The molecule has 1 heterocycles. The zero-order valence-corrected chi connectivity index (χ0v) is 19.1. The fraction of sp³-hybridized carbons (Fsp3) is 0.207. The van der Waals surface area contributed by atoms with Crippen LogP contribution in [-0.2, 0) is 13.2 Å². The monoisotopic (exact) mass is 436 g/mol. The van der Waals surface area contributed by atoms with Crippen LogP contribution in [0.25, 0.3) is 21.8 Å². The van der Waals surface area contributed by atoms with E-state index in [9.17, 15) is 0 Å². The maximum atomic E-state index is 6.16. The molecule has 0 aliphatic rings. The minimum atomic E-state index is 0.421. The van der Waals surface area contributed by atoms with E-state index in [2.05, 4.69) is 85.1 Å². The van der Waals surface area contributed by atoms with Gasteiger partial charge in [0.15, 0.2) is 0 Å². The third kappa shape index (κ3) is 4.56. The SMILES string of the molecule is Cc1cccc(C)c1OCCCn1c(COc2ccc3ccccc3c2)nc2ccccc21. The first kappa shape index (κ1) is 21.1. The molecule has 0 saturated carbocycles. The molecule has 0 unspecified atom stereocenters. The highest BCUT2D eigenvalue weighted by atomic mass is 16.5. The Morgan fingerprint density at radius 1 is 0.758 bits per heavy atom. The van der Waals surface area contributed by atoms with Gasteiger partial charge in [-0.15, -0.1) is 0 Å². The summed E-state index contributed by atoms with van der Waals surface area (Å²) in [5.41, 5.74) is 4.46. The Kier molecular flexibility index (Phi) is 5.99. The van der Waals surface area contributed by atoms with Crippen molar-refractivity contribution >= 4 is 21.8 Å². The molecule has 4 heteroatoms. The topological polar surface area (TPSA) is 36.3 Å². The molecule has 0 N–H and O–H groups in total. The van der Waals surface area contributed by atoms with Crippen LogP contribution in [0.4, 0.5) is 0 Å². The van der Waals surface area contributed by atoms with Crippen molar-refractivity contribution in [3.8, 4) is 11.5 Å². The van der Waals surface area contributed by atoms with Gasteiger partial charge in [-0.25, -0.2) is 4.98 Å². The van der Waals surface area contributed by atoms with Crippen molar-refractivity contribution in [2.45, 2.75) is 33.4 Å².